The van der Waals surface area contributed by atoms with E-state index in [0.29, 0.717) is 5.82 Å². The smallest absolute Gasteiger partial charge is 0.369 e. The number of carbonyl (C=O) groups is 1. The third-order valence-corrected chi connectivity index (χ3v) is 3.20. The third kappa shape index (κ3) is 4.68. The maximum absolute atomic E-state index is 12.9. The fourth-order valence-electron chi connectivity index (χ4n) is 1.96. The Morgan fingerprint density at radius 1 is 1.17 bits per heavy atom. The van der Waals surface area contributed by atoms with Crippen molar-refractivity contribution in [3.8, 4) is 0 Å². The topological polar surface area (TPSA) is 66.9 Å². The average molecular weight is 338 g/mol. The van der Waals surface area contributed by atoms with Crippen LogP contribution in [-0.4, -0.2) is 22.4 Å². The van der Waals surface area contributed by atoms with Gasteiger partial charge >= 0.3 is 6.18 Å². The van der Waals surface area contributed by atoms with Crippen LogP contribution in [0.4, 0.5) is 24.7 Å². The number of hydrogen-bond acceptors (Lipinski definition) is 4. The monoisotopic (exact) mass is 338 g/mol. The number of aromatic nitrogens is 2. The fraction of sp³-hybridized carbons (Fsp3) is 0.312. The lowest BCUT2D eigenvalue weighted by Crippen LogP contribution is -2.18. The van der Waals surface area contributed by atoms with Crippen LogP contribution in [0.1, 0.15) is 35.8 Å². The molecular weight excluding hydrogens is 321 g/mol. The summed E-state index contributed by atoms with van der Waals surface area (Å²) in [6, 6.07) is 4.77. The maximum atomic E-state index is 12.9. The number of alkyl halides is 3. The van der Waals surface area contributed by atoms with E-state index >= 15 is 0 Å². The number of nitrogens with zero attached hydrogens (tertiary/aromatic N) is 2. The molecule has 24 heavy (non-hydrogen) atoms. The molecule has 2 aromatic rings. The van der Waals surface area contributed by atoms with Gasteiger partial charge in [0, 0.05) is 6.54 Å². The first-order valence-electron chi connectivity index (χ1n) is 7.45. The molecule has 1 aromatic carbocycles. The Morgan fingerprint density at radius 2 is 1.92 bits per heavy atom. The van der Waals surface area contributed by atoms with Gasteiger partial charge in [0.2, 0.25) is 0 Å². The van der Waals surface area contributed by atoms with Gasteiger partial charge in [0.1, 0.15) is 11.5 Å². The van der Waals surface area contributed by atoms with Crippen molar-refractivity contribution in [3.05, 3.63) is 47.9 Å². The van der Waals surface area contributed by atoms with E-state index < -0.39 is 17.6 Å². The third-order valence-electron chi connectivity index (χ3n) is 3.20. The Morgan fingerprint density at radius 3 is 2.54 bits per heavy atom. The van der Waals surface area contributed by atoms with Crippen molar-refractivity contribution in [3.63, 3.8) is 0 Å². The van der Waals surface area contributed by atoms with Crippen LogP contribution < -0.4 is 10.6 Å². The molecule has 0 atom stereocenters. The van der Waals surface area contributed by atoms with Gasteiger partial charge in [-0.25, -0.2) is 9.97 Å². The summed E-state index contributed by atoms with van der Waals surface area (Å²) >= 11 is 0. The van der Waals surface area contributed by atoms with E-state index in [0.717, 1.165) is 25.5 Å². The van der Waals surface area contributed by atoms with Gasteiger partial charge in [-0.15, -0.1) is 0 Å². The van der Waals surface area contributed by atoms with Crippen molar-refractivity contribution in [2.75, 3.05) is 17.2 Å². The number of nitrogens with one attached hydrogen (secondary N) is 2. The van der Waals surface area contributed by atoms with E-state index in [2.05, 4.69) is 27.5 Å². The average Bonchev–Trinajstić information content (AvgIpc) is 2.55. The van der Waals surface area contributed by atoms with E-state index in [1.807, 2.05) is 0 Å². The molecule has 0 unspecified atom stereocenters. The van der Waals surface area contributed by atoms with E-state index in [9.17, 15) is 18.0 Å². The Labute approximate surface area is 137 Å². The molecule has 0 saturated heterocycles. The van der Waals surface area contributed by atoms with E-state index in [1.54, 1.807) is 0 Å². The molecule has 0 aliphatic heterocycles. The van der Waals surface area contributed by atoms with Gasteiger partial charge in [0.25, 0.3) is 5.91 Å². The Bertz CT molecular complexity index is 686. The lowest BCUT2D eigenvalue weighted by molar-refractivity contribution is -0.136. The van der Waals surface area contributed by atoms with Crippen molar-refractivity contribution in [2.45, 2.75) is 25.9 Å². The van der Waals surface area contributed by atoms with E-state index in [1.165, 1.54) is 30.6 Å². The summed E-state index contributed by atoms with van der Waals surface area (Å²) in [4.78, 5) is 20.0. The zero-order valence-electron chi connectivity index (χ0n) is 13.0. The second-order valence-corrected chi connectivity index (χ2v) is 5.06. The predicted molar refractivity (Wildman–Crippen MR) is 84.8 cm³/mol. The number of rotatable bonds is 6. The predicted octanol–water partition coefficient (Wildman–Crippen LogP) is 3.96. The molecule has 0 fully saturated rings. The molecule has 0 spiro atoms. The standard InChI is InChI=1S/C16H17F3N4O/c1-2-3-8-20-14-10-21-13(9-22-14)15(24)23-12-7-5-4-6-11(12)16(17,18)19/h4-7,9-10H,2-3,8H2,1H3,(H,20,22)(H,23,24). The zero-order chi connectivity index (χ0) is 17.6. The van der Waals surface area contributed by atoms with Gasteiger partial charge in [-0.3, -0.25) is 4.79 Å². The number of hydrogen-bond donors (Lipinski definition) is 2. The van der Waals surface area contributed by atoms with Crippen molar-refractivity contribution in [1.29, 1.82) is 0 Å². The zero-order valence-corrected chi connectivity index (χ0v) is 13.0. The largest absolute Gasteiger partial charge is 0.418 e. The number of unbranched alkanes of at least 4 members (excludes halogenated alkanes) is 1. The summed E-state index contributed by atoms with van der Waals surface area (Å²) in [5, 5.41) is 5.26. The quantitative estimate of drug-likeness (QED) is 0.783. The van der Waals surface area contributed by atoms with Crippen LogP contribution in [0, 0.1) is 0 Å². The molecule has 0 aliphatic carbocycles. The summed E-state index contributed by atoms with van der Waals surface area (Å²) in [6.07, 6.45) is 0.0420. The molecule has 2 N–H and O–H groups in total. The lowest BCUT2D eigenvalue weighted by atomic mass is 10.1. The van der Waals surface area contributed by atoms with Crippen LogP contribution in [0.5, 0.6) is 0 Å². The summed E-state index contributed by atoms with van der Waals surface area (Å²) in [7, 11) is 0. The number of para-hydroxylation sites is 1. The van der Waals surface area contributed by atoms with Gasteiger partial charge in [0.05, 0.1) is 23.6 Å². The van der Waals surface area contributed by atoms with Crippen LogP contribution in [0.3, 0.4) is 0 Å². The molecule has 1 amide bonds. The highest BCUT2D eigenvalue weighted by Gasteiger charge is 2.33. The van der Waals surface area contributed by atoms with Gasteiger partial charge < -0.3 is 10.6 Å². The molecule has 1 aromatic heterocycles. The minimum Gasteiger partial charge on any atom is -0.369 e. The van der Waals surface area contributed by atoms with Crippen molar-refractivity contribution in [2.24, 2.45) is 0 Å². The second kappa shape index (κ2) is 7.76. The van der Waals surface area contributed by atoms with Crippen LogP contribution >= 0.6 is 0 Å². The summed E-state index contributed by atoms with van der Waals surface area (Å²) in [6.45, 7) is 2.79. The molecule has 8 heteroatoms. The lowest BCUT2D eigenvalue weighted by Gasteiger charge is -2.13. The fourth-order valence-corrected chi connectivity index (χ4v) is 1.96. The molecule has 128 valence electrons. The first kappa shape index (κ1) is 17.7. The maximum Gasteiger partial charge on any atom is 0.418 e. The van der Waals surface area contributed by atoms with Crippen LogP contribution in [0.25, 0.3) is 0 Å². The first-order chi connectivity index (χ1) is 11.4. The second-order valence-electron chi connectivity index (χ2n) is 5.06. The number of amides is 1. The number of carbonyl (C=O) groups excluding carboxylic acids is 1. The van der Waals surface area contributed by atoms with E-state index in [-0.39, 0.29) is 11.4 Å². The highest BCUT2D eigenvalue weighted by molar-refractivity contribution is 6.03. The highest BCUT2D eigenvalue weighted by atomic mass is 19.4. The molecule has 2 rings (SSSR count). The molecule has 0 radical (unpaired) electrons. The Kier molecular flexibility index (Phi) is 5.73. The van der Waals surface area contributed by atoms with Crippen molar-refractivity contribution < 1.29 is 18.0 Å². The first-order valence-corrected chi connectivity index (χ1v) is 7.45. The summed E-state index contributed by atoms with van der Waals surface area (Å²) in [5.41, 5.74) is -1.29. The van der Waals surface area contributed by atoms with Crippen LogP contribution in [0.15, 0.2) is 36.7 Å². The SMILES string of the molecule is CCCCNc1cnc(C(=O)Nc2ccccc2C(F)(F)F)cn1. The summed E-state index contributed by atoms with van der Waals surface area (Å²) in [5.74, 6) is -0.241. The molecular formula is C16H17F3N4O. The van der Waals surface area contributed by atoms with Crippen molar-refractivity contribution >= 4 is 17.4 Å². The van der Waals surface area contributed by atoms with Crippen LogP contribution in [0.2, 0.25) is 0 Å². The van der Waals surface area contributed by atoms with Crippen molar-refractivity contribution in [1.82, 2.24) is 9.97 Å². The Balaban J connectivity index is 2.08. The number of halogens is 3. The van der Waals surface area contributed by atoms with Gasteiger partial charge in [0.15, 0.2) is 0 Å². The van der Waals surface area contributed by atoms with Crippen LogP contribution in [-0.2, 0) is 6.18 Å². The minimum atomic E-state index is -4.55. The molecule has 5 nitrogen and oxygen atoms in total. The molecule has 1 heterocycles. The highest BCUT2D eigenvalue weighted by Crippen LogP contribution is 2.34. The molecule has 0 aliphatic rings. The molecule has 0 saturated carbocycles. The number of benzene rings is 1. The van der Waals surface area contributed by atoms with Gasteiger partial charge in [-0.2, -0.15) is 13.2 Å². The number of anilines is 2. The molecule has 0 bridgehead atoms. The van der Waals surface area contributed by atoms with E-state index in [4.69, 9.17) is 0 Å². The van der Waals surface area contributed by atoms with Gasteiger partial charge in [-0.1, -0.05) is 25.5 Å². The Hall–Kier alpha value is -2.64. The summed E-state index contributed by atoms with van der Waals surface area (Å²) < 4.78 is 38.7. The normalized spacial score (nSPS) is 11.2. The minimum absolute atomic E-state index is 0.0620. The van der Waals surface area contributed by atoms with Gasteiger partial charge in [-0.05, 0) is 18.6 Å².